The first-order chi connectivity index (χ1) is 19.4. The molecular weight excluding hydrogens is 587 g/mol. The molecule has 1 amide bonds. The fourth-order valence-electron chi connectivity index (χ4n) is 4.24. The number of alkyl halides is 3. The van der Waals surface area contributed by atoms with Gasteiger partial charge in [-0.05, 0) is 47.0 Å². The fraction of sp³-hybridized carbons (Fsp3) is 0.143. The lowest BCUT2D eigenvalue weighted by atomic mass is 9.98. The highest BCUT2D eigenvalue weighted by Gasteiger charge is 2.47. The Morgan fingerprint density at radius 2 is 1.76 bits per heavy atom. The van der Waals surface area contributed by atoms with Crippen LogP contribution in [0.4, 0.5) is 22.0 Å². The minimum Gasteiger partial charge on any atom is -0.489 e. The van der Waals surface area contributed by atoms with Crippen LogP contribution in [-0.2, 0) is 21.4 Å². The maximum absolute atomic E-state index is 13.7. The molecule has 2 heterocycles. The van der Waals surface area contributed by atoms with Crippen LogP contribution in [0.15, 0.2) is 66.7 Å². The van der Waals surface area contributed by atoms with Crippen molar-refractivity contribution in [2.45, 2.75) is 17.4 Å². The second-order valence-corrected chi connectivity index (χ2v) is 11.7. The van der Waals surface area contributed by atoms with Crippen molar-refractivity contribution in [1.82, 2.24) is 9.71 Å². The number of thioether (sulfide) groups is 1. The van der Waals surface area contributed by atoms with Crippen molar-refractivity contribution in [3.8, 4) is 5.75 Å². The molecule has 3 aromatic carbocycles. The van der Waals surface area contributed by atoms with Gasteiger partial charge in [-0.2, -0.15) is 21.6 Å². The molecule has 1 aromatic heterocycles. The van der Waals surface area contributed by atoms with E-state index in [1.54, 1.807) is 60.7 Å². The molecule has 1 atom stereocenters. The molecule has 5 rings (SSSR count). The van der Waals surface area contributed by atoms with Gasteiger partial charge < -0.3 is 4.74 Å². The van der Waals surface area contributed by atoms with E-state index in [1.807, 2.05) is 6.07 Å². The summed E-state index contributed by atoms with van der Waals surface area (Å²) in [5.74, 6) is -3.38. The van der Waals surface area contributed by atoms with E-state index in [1.165, 1.54) is 0 Å². The third-order valence-corrected chi connectivity index (χ3v) is 8.55. The van der Waals surface area contributed by atoms with E-state index in [-0.39, 0.29) is 12.1 Å². The van der Waals surface area contributed by atoms with Crippen LogP contribution in [0.1, 0.15) is 33.2 Å². The monoisotopic (exact) mass is 606 g/mol. The number of benzene rings is 3. The van der Waals surface area contributed by atoms with E-state index >= 15 is 0 Å². The van der Waals surface area contributed by atoms with Crippen molar-refractivity contribution in [1.29, 1.82) is 0 Å². The number of nitrogens with zero attached hydrogens (tertiary/aromatic N) is 1. The molecule has 0 aliphatic carbocycles. The van der Waals surface area contributed by atoms with Gasteiger partial charge in [-0.15, -0.1) is 11.8 Å². The van der Waals surface area contributed by atoms with Crippen molar-refractivity contribution in [2.75, 3.05) is 5.75 Å². The second kappa shape index (κ2) is 11.1. The van der Waals surface area contributed by atoms with Crippen LogP contribution in [0, 0.1) is 11.6 Å². The van der Waals surface area contributed by atoms with Gasteiger partial charge in [-0.25, -0.2) is 18.5 Å². The van der Waals surface area contributed by atoms with Gasteiger partial charge in [0.1, 0.15) is 12.4 Å². The van der Waals surface area contributed by atoms with E-state index in [2.05, 4.69) is 4.98 Å². The van der Waals surface area contributed by atoms with Crippen molar-refractivity contribution >= 4 is 50.7 Å². The summed E-state index contributed by atoms with van der Waals surface area (Å²) in [7, 11) is -5.83. The molecule has 0 fully saturated rings. The van der Waals surface area contributed by atoms with Gasteiger partial charge in [-0.1, -0.05) is 42.5 Å². The van der Waals surface area contributed by atoms with Crippen molar-refractivity contribution in [3.05, 3.63) is 106 Å². The zero-order valence-electron chi connectivity index (χ0n) is 20.8. The number of hydrogen-bond donors (Lipinski definition) is 1. The molecule has 1 aliphatic heterocycles. The second-order valence-electron chi connectivity index (χ2n) is 8.98. The van der Waals surface area contributed by atoms with Crippen LogP contribution < -0.4 is 9.46 Å². The molecule has 0 radical (unpaired) electrons. The van der Waals surface area contributed by atoms with Crippen molar-refractivity contribution in [3.63, 3.8) is 0 Å². The molecule has 1 N–H and O–H groups in total. The Kier molecular flexibility index (Phi) is 7.75. The maximum Gasteiger partial charge on any atom is 0.516 e. The average molecular weight is 607 g/mol. The van der Waals surface area contributed by atoms with E-state index in [0.29, 0.717) is 28.0 Å². The standard InChI is InChI=1S/C28H19F5N2O4S2/c29-22-12-17-7-9-19(34-24(17)13-23(22)30)8-5-16-6-10-25-21(11-16)27(20-4-2-1-3-18(20)14-39-25)40-15-26(36)35-41(37,38)28(31,32)33/h1-13,27H,14-15H2,(H,35,36). The Morgan fingerprint density at radius 3 is 2.54 bits per heavy atom. The molecule has 0 spiro atoms. The highest BCUT2D eigenvalue weighted by molar-refractivity contribution is 8.00. The first-order valence-electron chi connectivity index (χ1n) is 11.9. The summed E-state index contributed by atoms with van der Waals surface area (Å²) < 4.78 is 95.1. The van der Waals surface area contributed by atoms with E-state index in [4.69, 9.17) is 4.74 Å². The number of carbonyl (C=O) groups excluding carboxylic acids is 1. The van der Waals surface area contributed by atoms with Gasteiger partial charge in [0.05, 0.1) is 22.2 Å². The molecule has 4 aromatic rings. The number of sulfonamides is 1. The number of amides is 1. The number of aromatic nitrogens is 1. The third kappa shape index (κ3) is 6.20. The van der Waals surface area contributed by atoms with E-state index in [9.17, 15) is 35.2 Å². The smallest absolute Gasteiger partial charge is 0.489 e. The number of pyridine rings is 1. The number of fused-ring (bicyclic) bond motifs is 3. The van der Waals surface area contributed by atoms with Gasteiger partial charge in [0.2, 0.25) is 5.91 Å². The molecule has 41 heavy (non-hydrogen) atoms. The lowest BCUT2D eigenvalue weighted by molar-refractivity contribution is -0.117. The van der Waals surface area contributed by atoms with Gasteiger partial charge in [0.15, 0.2) is 11.6 Å². The summed E-state index contributed by atoms with van der Waals surface area (Å²) in [4.78, 5) is 16.6. The van der Waals surface area contributed by atoms with Gasteiger partial charge >= 0.3 is 15.5 Å². The molecule has 1 unspecified atom stereocenters. The van der Waals surface area contributed by atoms with Crippen LogP contribution in [0.3, 0.4) is 0 Å². The zero-order chi connectivity index (χ0) is 29.4. The number of halogens is 5. The molecule has 1 aliphatic rings. The maximum atomic E-state index is 13.7. The van der Waals surface area contributed by atoms with Crippen LogP contribution in [-0.4, -0.2) is 30.6 Å². The summed E-state index contributed by atoms with van der Waals surface area (Å²) in [6.45, 7) is 0.211. The minimum absolute atomic E-state index is 0.211. The highest BCUT2D eigenvalue weighted by Crippen LogP contribution is 2.44. The number of ether oxygens (including phenoxy) is 1. The van der Waals surface area contributed by atoms with E-state index in [0.717, 1.165) is 39.7 Å². The number of rotatable bonds is 6. The largest absolute Gasteiger partial charge is 0.516 e. The summed E-state index contributed by atoms with van der Waals surface area (Å²) >= 11 is 0.956. The van der Waals surface area contributed by atoms with Gasteiger partial charge in [0, 0.05) is 17.0 Å². The Hall–Kier alpha value is -3.97. The third-order valence-electron chi connectivity index (χ3n) is 6.17. The van der Waals surface area contributed by atoms with E-state index < -0.39 is 44.1 Å². The van der Waals surface area contributed by atoms with Crippen LogP contribution >= 0.6 is 11.8 Å². The highest BCUT2D eigenvalue weighted by atomic mass is 32.2. The lowest BCUT2D eigenvalue weighted by Crippen LogP contribution is -2.41. The zero-order valence-corrected chi connectivity index (χ0v) is 22.4. The lowest BCUT2D eigenvalue weighted by Gasteiger charge is -2.19. The predicted octanol–water partition coefficient (Wildman–Crippen LogP) is 6.36. The van der Waals surface area contributed by atoms with Gasteiger partial charge in [-0.3, -0.25) is 4.79 Å². The Balaban J connectivity index is 1.44. The normalized spacial score (nSPS) is 15.2. The molecule has 0 saturated carbocycles. The summed E-state index contributed by atoms with van der Waals surface area (Å²) in [6, 6.07) is 17.8. The topological polar surface area (TPSA) is 85.4 Å². The predicted molar refractivity (Wildman–Crippen MR) is 145 cm³/mol. The van der Waals surface area contributed by atoms with Crippen molar-refractivity contribution < 1.29 is 39.9 Å². The molecule has 6 nitrogen and oxygen atoms in total. The van der Waals surface area contributed by atoms with Crippen LogP contribution in [0.5, 0.6) is 5.75 Å². The SMILES string of the molecule is O=C(CSC1c2ccccc2COc2ccc(C=Cc3ccc4cc(F)c(F)cc4n3)cc21)NS(=O)(=O)C(F)(F)F. The van der Waals surface area contributed by atoms with Gasteiger partial charge in [0.25, 0.3) is 0 Å². The number of carbonyl (C=O) groups is 1. The quantitative estimate of drug-likeness (QED) is 0.257. The molecular formula is C28H19F5N2O4S2. The van der Waals surface area contributed by atoms with Crippen LogP contribution in [0.2, 0.25) is 0 Å². The summed E-state index contributed by atoms with van der Waals surface area (Å²) in [6.07, 6.45) is 3.40. The molecule has 212 valence electrons. The average Bonchev–Trinajstić information content (AvgIpc) is 3.07. The number of nitrogens with one attached hydrogen (secondary N) is 1. The molecule has 0 bridgehead atoms. The molecule has 0 saturated heterocycles. The Bertz CT molecular complexity index is 1790. The summed E-state index contributed by atoms with van der Waals surface area (Å²) in [5.41, 5.74) is -1.99. The number of hydrogen-bond acceptors (Lipinski definition) is 6. The first-order valence-corrected chi connectivity index (χ1v) is 14.5. The van der Waals surface area contributed by atoms with Crippen molar-refractivity contribution in [2.24, 2.45) is 0 Å². The fourth-order valence-corrected chi connectivity index (χ4v) is 5.98. The Labute approximate surface area is 235 Å². The molecule has 13 heteroatoms. The minimum atomic E-state index is -5.83. The van der Waals surface area contributed by atoms with Crippen LogP contribution in [0.25, 0.3) is 23.1 Å². The first kappa shape index (κ1) is 28.6. The Morgan fingerprint density at radius 1 is 1.00 bits per heavy atom. The summed E-state index contributed by atoms with van der Waals surface area (Å²) in [5, 5.41) is -0.137.